The van der Waals surface area contributed by atoms with Crippen LogP contribution in [0.1, 0.15) is 18.9 Å². The normalized spacial score (nSPS) is 10.8. The second kappa shape index (κ2) is 8.32. The highest BCUT2D eigenvalue weighted by Crippen LogP contribution is 2.13. The van der Waals surface area contributed by atoms with Crippen LogP contribution in [0.15, 0.2) is 54.6 Å². The highest BCUT2D eigenvalue weighted by molar-refractivity contribution is 5.41. The number of hydrogen-bond donors (Lipinski definition) is 1. The summed E-state index contributed by atoms with van der Waals surface area (Å²) in [4.78, 5) is 2.42. The molecule has 0 heterocycles. The number of hydrogen-bond acceptors (Lipinski definition) is 3. The fraction of sp³-hybridized carbons (Fsp3) is 0.333. The monoisotopic (exact) mass is 284 g/mol. The molecule has 0 spiro atoms. The first-order valence-corrected chi connectivity index (χ1v) is 7.52. The first-order valence-electron chi connectivity index (χ1n) is 7.52. The van der Waals surface area contributed by atoms with Gasteiger partial charge in [-0.15, -0.1) is 0 Å². The molecule has 0 bridgehead atoms. The quantitative estimate of drug-likeness (QED) is 0.753. The van der Waals surface area contributed by atoms with Crippen LogP contribution in [0.3, 0.4) is 0 Å². The Morgan fingerprint density at radius 1 is 0.952 bits per heavy atom. The summed E-state index contributed by atoms with van der Waals surface area (Å²) in [5.74, 6) is 0.875. The predicted molar refractivity (Wildman–Crippen MR) is 88.4 cm³/mol. The molecule has 21 heavy (non-hydrogen) atoms. The number of rotatable bonds is 8. The summed E-state index contributed by atoms with van der Waals surface area (Å²) >= 11 is 0. The molecule has 0 saturated carbocycles. The average molecular weight is 284 g/mol. The van der Waals surface area contributed by atoms with Crippen LogP contribution < -0.4 is 10.5 Å². The zero-order valence-electron chi connectivity index (χ0n) is 12.7. The fourth-order valence-electron chi connectivity index (χ4n) is 2.28. The zero-order valence-corrected chi connectivity index (χ0v) is 12.7. The lowest BCUT2D eigenvalue weighted by molar-refractivity contribution is 0.203. The number of nitrogen functional groups attached to an aromatic ring is 1. The zero-order chi connectivity index (χ0) is 14.9. The Balaban J connectivity index is 1.81. The summed E-state index contributed by atoms with van der Waals surface area (Å²) < 4.78 is 5.78. The molecule has 0 aliphatic rings. The lowest BCUT2D eigenvalue weighted by atomic mass is 10.2. The Kier molecular flexibility index (Phi) is 6.10. The van der Waals surface area contributed by atoms with E-state index in [9.17, 15) is 0 Å². The second-order valence-corrected chi connectivity index (χ2v) is 5.18. The first kappa shape index (κ1) is 15.4. The van der Waals surface area contributed by atoms with Crippen molar-refractivity contribution in [2.24, 2.45) is 0 Å². The molecule has 3 nitrogen and oxygen atoms in total. The minimum Gasteiger partial charge on any atom is -0.492 e. The van der Waals surface area contributed by atoms with Gasteiger partial charge in [-0.05, 0) is 42.8 Å². The number of benzene rings is 2. The summed E-state index contributed by atoms with van der Waals surface area (Å²) in [6.45, 7) is 5.88. The SMILES string of the molecule is CCCN(CCOc1ccc(N)cc1)Cc1ccccc1. The Labute approximate surface area is 127 Å². The van der Waals surface area contributed by atoms with Gasteiger partial charge in [0.15, 0.2) is 0 Å². The van der Waals surface area contributed by atoms with Crippen molar-refractivity contribution in [2.75, 3.05) is 25.4 Å². The Bertz CT molecular complexity index is 511. The van der Waals surface area contributed by atoms with Crippen molar-refractivity contribution < 1.29 is 4.74 Å². The van der Waals surface area contributed by atoms with E-state index in [1.807, 2.05) is 24.3 Å². The topological polar surface area (TPSA) is 38.5 Å². The molecule has 0 aromatic heterocycles. The number of nitrogens with two attached hydrogens (primary N) is 1. The van der Waals surface area contributed by atoms with E-state index < -0.39 is 0 Å². The van der Waals surface area contributed by atoms with Crippen molar-refractivity contribution >= 4 is 5.69 Å². The van der Waals surface area contributed by atoms with Crippen LogP contribution in [0.5, 0.6) is 5.75 Å². The Hall–Kier alpha value is -2.00. The van der Waals surface area contributed by atoms with Gasteiger partial charge >= 0.3 is 0 Å². The van der Waals surface area contributed by atoms with E-state index in [1.54, 1.807) is 0 Å². The predicted octanol–water partition coefficient (Wildman–Crippen LogP) is 3.56. The van der Waals surface area contributed by atoms with Gasteiger partial charge in [-0.2, -0.15) is 0 Å². The lowest BCUT2D eigenvalue weighted by Gasteiger charge is -2.21. The molecule has 0 aliphatic carbocycles. The van der Waals surface area contributed by atoms with E-state index >= 15 is 0 Å². The van der Waals surface area contributed by atoms with Gasteiger partial charge in [0.2, 0.25) is 0 Å². The summed E-state index contributed by atoms with van der Waals surface area (Å²) in [7, 11) is 0. The molecule has 0 radical (unpaired) electrons. The van der Waals surface area contributed by atoms with Gasteiger partial charge in [-0.1, -0.05) is 37.3 Å². The molecular formula is C18H24N2O. The summed E-state index contributed by atoms with van der Waals surface area (Å²) in [5, 5.41) is 0. The van der Waals surface area contributed by atoms with Crippen LogP contribution >= 0.6 is 0 Å². The standard InChI is InChI=1S/C18H24N2O/c1-2-12-20(15-16-6-4-3-5-7-16)13-14-21-18-10-8-17(19)9-11-18/h3-11H,2,12-15,19H2,1H3. The maximum absolute atomic E-state index is 5.78. The van der Waals surface area contributed by atoms with E-state index in [4.69, 9.17) is 10.5 Å². The van der Waals surface area contributed by atoms with Crippen LogP contribution in [0.4, 0.5) is 5.69 Å². The van der Waals surface area contributed by atoms with Crippen molar-refractivity contribution in [3.05, 3.63) is 60.2 Å². The third-order valence-electron chi connectivity index (χ3n) is 3.35. The van der Waals surface area contributed by atoms with Gasteiger partial charge in [0, 0.05) is 18.8 Å². The number of nitrogens with zero attached hydrogens (tertiary/aromatic N) is 1. The number of ether oxygens (including phenoxy) is 1. The molecule has 0 unspecified atom stereocenters. The van der Waals surface area contributed by atoms with Crippen molar-refractivity contribution in [2.45, 2.75) is 19.9 Å². The first-order chi connectivity index (χ1) is 10.3. The van der Waals surface area contributed by atoms with Crippen molar-refractivity contribution in [1.82, 2.24) is 4.90 Å². The molecular weight excluding hydrogens is 260 g/mol. The number of anilines is 1. The van der Waals surface area contributed by atoms with E-state index in [0.717, 1.165) is 37.5 Å². The minimum atomic E-state index is 0.691. The summed E-state index contributed by atoms with van der Waals surface area (Å²) in [6, 6.07) is 18.1. The average Bonchev–Trinajstić information content (AvgIpc) is 2.50. The van der Waals surface area contributed by atoms with Crippen molar-refractivity contribution in [3.8, 4) is 5.75 Å². The van der Waals surface area contributed by atoms with Gasteiger partial charge in [0.25, 0.3) is 0 Å². The molecule has 112 valence electrons. The van der Waals surface area contributed by atoms with Crippen LogP contribution in [0, 0.1) is 0 Å². The molecule has 0 aliphatic heterocycles. The molecule has 2 rings (SSSR count). The lowest BCUT2D eigenvalue weighted by Crippen LogP contribution is -2.28. The van der Waals surface area contributed by atoms with Gasteiger partial charge in [0.05, 0.1) is 0 Å². The van der Waals surface area contributed by atoms with Crippen LogP contribution in [0.2, 0.25) is 0 Å². The van der Waals surface area contributed by atoms with E-state index in [-0.39, 0.29) is 0 Å². The summed E-state index contributed by atoms with van der Waals surface area (Å²) in [5.41, 5.74) is 7.77. The molecule has 2 N–H and O–H groups in total. The van der Waals surface area contributed by atoms with Gasteiger partial charge in [-0.3, -0.25) is 4.90 Å². The molecule has 0 saturated heterocycles. The Morgan fingerprint density at radius 3 is 2.33 bits per heavy atom. The van der Waals surface area contributed by atoms with Gasteiger partial charge in [-0.25, -0.2) is 0 Å². The smallest absolute Gasteiger partial charge is 0.119 e. The van der Waals surface area contributed by atoms with Crippen LogP contribution in [-0.2, 0) is 6.54 Å². The van der Waals surface area contributed by atoms with Gasteiger partial charge in [0.1, 0.15) is 12.4 Å². The largest absolute Gasteiger partial charge is 0.492 e. The third kappa shape index (κ3) is 5.48. The van der Waals surface area contributed by atoms with E-state index in [0.29, 0.717) is 6.61 Å². The Morgan fingerprint density at radius 2 is 1.67 bits per heavy atom. The van der Waals surface area contributed by atoms with E-state index in [1.165, 1.54) is 5.56 Å². The van der Waals surface area contributed by atoms with Crippen LogP contribution in [0.25, 0.3) is 0 Å². The van der Waals surface area contributed by atoms with Gasteiger partial charge < -0.3 is 10.5 Å². The fourth-order valence-corrected chi connectivity index (χ4v) is 2.28. The molecule has 2 aromatic rings. The highest BCUT2D eigenvalue weighted by atomic mass is 16.5. The molecule has 0 amide bonds. The molecule has 2 aromatic carbocycles. The van der Waals surface area contributed by atoms with Crippen molar-refractivity contribution in [1.29, 1.82) is 0 Å². The third-order valence-corrected chi connectivity index (χ3v) is 3.35. The van der Waals surface area contributed by atoms with Crippen molar-refractivity contribution in [3.63, 3.8) is 0 Å². The molecule has 3 heteroatoms. The minimum absolute atomic E-state index is 0.691. The maximum atomic E-state index is 5.78. The second-order valence-electron chi connectivity index (χ2n) is 5.18. The molecule has 0 atom stereocenters. The van der Waals surface area contributed by atoms with E-state index in [2.05, 4.69) is 42.2 Å². The highest BCUT2D eigenvalue weighted by Gasteiger charge is 2.05. The maximum Gasteiger partial charge on any atom is 0.119 e. The molecule has 0 fully saturated rings. The summed E-state index contributed by atoms with van der Waals surface area (Å²) in [6.07, 6.45) is 1.15. The van der Waals surface area contributed by atoms with Crippen LogP contribution in [-0.4, -0.2) is 24.6 Å².